The molecule has 3 aromatic carbocycles. The molecule has 0 saturated carbocycles. The van der Waals surface area contributed by atoms with E-state index in [4.69, 9.17) is 16.3 Å². The lowest BCUT2D eigenvalue weighted by atomic mass is 9.99. The number of hydrogen-bond donors (Lipinski definition) is 0. The Kier molecular flexibility index (Phi) is 6.09. The minimum atomic E-state index is -1.06. The van der Waals surface area contributed by atoms with Gasteiger partial charge in [-0.1, -0.05) is 76.1 Å². The van der Waals surface area contributed by atoms with Crippen LogP contribution in [0, 0.1) is 6.92 Å². The standard InChI is InChI=1S/C22H16BrClO3/c1-14-7-8-17(13-19(14)23)22(26)27-21(16-9-11-18(24)12-10-16)20(25)15-5-3-2-4-6-15/h2-13,21H,1H3/t21-/m1/s1. The van der Waals surface area contributed by atoms with E-state index in [1.54, 1.807) is 60.7 Å². The summed E-state index contributed by atoms with van der Waals surface area (Å²) < 4.78 is 6.42. The average Bonchev–Trinajstić information content (AvgIpc) is 2.69. The summed E-state index contributed by atoms with van der Waals surface area (Å²) in [5.41, 5.74) is 2.40. The van der Waals surface area contributed by atoms with Crippen LogP contribution >= 0.6 is 27.5 Å². The van der Waals surface area contributed by atoms with Gasteiger partial charge in [-0.3, -0.25) is 4.79 Å². The maximum Gasteiger partial charge on any atom is 0.339 e. The van der Waals surface area contributed by atoms with Gasteiger partial charge in [0.05, 0.1) is 5.56 Å². The fourth-order valence-corrected chi connectivity index (χ4v) is 3.06. The van der Waals surface area contributed by atoms with Crippen molar-refractivity contribution < 1.29 is 14.3 Å². The molecule has 0 fully saturated rings. The fourth-order valence-electron chi connectivity index (χ4n) is 2.56. The van der Waals surface area contributed by atoms with E-state index in [9.17, 15) is 9.59 Å². The summed E-state index contributed by atoms with van der Waals surface area (Å²) in [6.45, 7) is 1.93. The zero-order chi connectivity index (χ0) is 19.4. The summed E-state index contributed by atoms with van der Waals surface area (Å²) in [7, 11) is 0. The second-order valence-electron chi connectivity index (χ2n) is 6.03. The van der Waals surface area contributed by atoms with Crippen LogP contribution in [0.1, 0.15) is 37.9 Å². The number of halogens is 2. The normalized spacial score (nSPS) is 11.7. The summed E-state index contributed by atoms with van der Waals surface area (Å²) in [6.07, 6.45) is -1.06. The Morgan fingerprint density at radius 3 is 2.22 bits per heavy atom. The summed E-state index contributed by atoms with van der Waals surface area (Å²) in [6, 6.07) is 20.6. The molecule has 0 aromatic heterocycles. The highest BCUT2D eigenvalue weighted by Gasteiger charge is 2.27. The van der Waals surface area contributed by atoms with E-state index in [0.717, 1.165) is 10.0 Å². The van der Waals surface area contributed by atoms with Crippen molar-refractivity contribution in [1.29, 1.82) is 0 Å². The Balaban J connectivity index is 1.94. The number of benzene rings is 3. The summed E-state index contributed by atoms with van der Waals surface area (Å²) >= 11 is 9.36. The molecule has 0 radical (unpaired) electrons. The van der Waals surface area contributed by atoms with Gasteiger partial charge < -0.3 is 4.74 Å². The Labute approximate surface area is 171 Å². The van der Waals surface area contributed by atoms with E-state index in [2.05, 4.69) is 15.9 Å². The molecule has 0 aliphatic heterocycles. The Morgan fingerprint density at radius 1 is 0.926 bits per heavy atom. The summed E-state index contributed by atoms with van der Waals surface area (Å²) in [5, 5.41) is 0.540. The zero-order valence-electron chi connectivity index (χ0n) is 14.5. The van der Waals surface area contributed by atoms with Crippen LogP contribution in [-0.4, -0.2) is 11.8 Å². The number of hydrogen-bond acceptors (Lipinski definition) is 3. The van der Waals surface area contributed by atoms with Crippen molar-refractivity contribution in [2.75, 3.05) is 0 Å². The summed E-state index contributed by atoms with van der Waals surface area (Å²) in [5.74, 6) is -0.864. The van der Waals surface area contributed by atoms with Gasteiger partial charge in [0.15, 0.2) is 6.10 Å². The molecule has 136 valence electrons. The van der Waals surface area contributed by atoms with Crippen molar-refractivity contribution in [2.24, 2.45) is 0 Å². The van der Waals surface area contributed by atoms with Gasteiger partial charge in [-0.2, -0.15) is 0 Å². The Morgan fingerprint density at radius 2 is 1.59 bits per heavy atom. The molecule has 5 heteroatoms. The number of carbonyl (C=O) groups is 2. The quantitative estimate of drug-likeness (QED) is 0.349. The van der Waals surface area contributed by atoms with E-state index in [1.165, 1.54) is 0 Å². The molecule has 3 nitrogen and oxygen atoms in total. The Hall–Kier alpha value is -2.43. The van der Waals surface area contributed by atoms with Gasteiger partial charge in [-0.15, -0.1) is 0 Å². The average molecular weight is 444 g/mol. The third-order valence-electron chi connectivity index (χ3n) is 4.10. The van der Waals surface area contributed by atoms with Gasteiger partial charge in [0.1, 0.15) is 0 Å². The fraction of sp³-hybridized carbons (Fsp3) is 0.0909. The molecule has 1 atom stereocenters. The number of ketones is 1. The van der Waals surface area contributed by atoms with Crippen LogP contribution in [-0.2, 0) is 4.74 Å². The van der Waals surface area contributed by atoms with E-state index in [-0.39, 0.29) is 5.78 Å². The highest BCUT2D eigenvalue weighted by Crippen LogP contribution is 2.26. The van der Waals surface area contributed by atoms with Crippen LogP contribution in [0.2, 0.25) is 5.02 Å². The molecule has 27 heavy (non-hydrogen) atoms. The first-order valence-electron chi connectivity index (χ1n) is 8.27. The smallest absolute Gasteiger partial charge is 0.339 e. The molecule has 0 N–H and O–H groups in total. The van der Waals surface area contributed by atoms with Crippen molar-refractivity contribution in [3.8, 4) is 0 Å². The number of rotatable bonds is 5. The number of aryl methyl sites for hydroxylation is 1. The number of esters is 1. The molecule has 0 aliphatic rings. The van der Waals surface area contributed by atoms with Crippen LogP contribution in [0.4, 0.5) is 0 Å². The third kappa shape index (κ3) is 4.65. The van der Waals surface area contributed by atoms with Crippen molar-refractivity contribution in [3.63, 3.8) is 0 Å². The number of carbonyl (C=O) groups excluding carboxylic acids is 2. The maximum absolute atomic E-state index is 13.0. The lowest BCUT2D eigenvalue weighted by Crippen LogP contribution is -2.20. The molecule has 0 amide bonds. The first-order valence-corrected chi connectivity index (χ1v) is 9.44. The molecule has 0 spiro atoms. The van der Waals surface area contributed by atoms with Crippen molar-refractivity contribution in [2.45, 2.75) is 13.0 Å². The Bertz CT molecular complexity index is 969. The monoisotopic (exact) mass is 442 g/mol. The minimum absolute atomic E-state index is 0.294. The van der Waals surface area contributed by atoms with Crippen LogP contribution in [0.15, 0.2) is 77.3 Å². The maximum atomic E-state index is 13.0. The van der Waals surface area contributed by atoms with Crippen molar-refractivity contribution >= 4 is 39.3 Å². The SMILES string of the molecule is Cc1ccc(C(=O)O[C@@H](C(=O)c2ccccc2)c2ccc(Cl)cc2)cc1Br. The van der Waals surface area contributed by atoms with Gasteiger partial charge in [0.25, 0.3) is 0 Å². The minimum Gasteiger partial charge on any atom is -0.445 e. The molecule has 0 heterocycles. The zero-order valence-corrected chi connectivity index (χ0v) is 16.8. The predicted molar refractivity (Wildman–Crippen MR) is 109 cm³/mol. The molecule has 3 aromatic rings. The van der Waals surface area contributed by atoms with E-state index in [1.807, 2.05) is 19.1 Å². The first kappa shape index (κ1) is 19.3. The van der Waals surface area contributed by atoms with E-state index in [0.29, 0.717) is 21.7 Å². The van der Waals surface area contributed by atoms with Crippen molar-refractivity contribution in [3.05, 3.63) is 105 Å². The molecule has 0 unspecified atom stereocenters. The van der Waals surface area contributed by atoms with E-state index < -0.39 is 12.1 Å². The van der Waals surface area contributed by atoms with Crippen molar-refractivity contribution in [1.82, 2.24) is 0 Å². The highest BCUT2D eigenvalue weighted by atomic mass is 79.9. The lowest BCUT2D eigenvalue weighted by molar-refractivity contribution is 0.0280. The number of Topliss-reactive ketones (excluding diaryl/α,β-unsaturated/α-hetero) is 1. The molecule has 0 saturated heterocycles. The second-order valence-corrected chi connectivity index (χ2v) is 7.32. The lowest BCUT2D eigenvalue weighted by Gasteiger charge is -2.18. The van der Waals surface area contributed by atoms with Gasteiger partial charge in [-0.05, 0) is 36.8 Å². The predicted octanol–water partition coefficient (Wildman–Crippen LogP) is 6.19. The van der Waals surface area contributed by atoms with Gasteiger partial charge >= 0.3 is 5.97 Å². The molecule has 0 bridgehead atoms. The topological polar surface area (TPSA) is 43.4 Å². The molecule has 0 aliphatic carbocycles. The van der Waals surface area contributed by atoms with Gasteiger partial charge in [-0.25, -0.2) is 4.79 Å². The first-order chi connectivity index (χ1) is 13.0. The third-order valence-corrected chi connectivity index (χ3v) is 5.21. The van der Waals surface area contributed by atoms with Crippen LogP contribution in [0.3, 0.4) is 0 Å². The summed E-state index contributed by atoms with van der Waals surface area (Å²) in [4.78, 5) is 25.7. The molecular formula is C22H16BrClO3. The van der Waals surface area contributed by atoms with Gasteiger partial charge in [0, 0.05) is 20.6 Å². The molecule has 3 rings (SSSR count). The molecular weight excluding hydrogens is 428 g/mol. The van der Waals surface area contributed by atoms with Gasteiger partial charge in [0.2, 0.25) is 5.78 Å². The highest BCUT2D eigenvalue weighted by molar-refractivity contribution is 9.10. The van der Waals surface area contributed by atoms with Crippen LogP contribution in [0.5, 0.6) is 0 Å². The van der Waals surface area contributed by atoms with Crippen LogP contribution in [0.25, 0.3) is 0 Å². The van der Waals surface area contributed by atoms with E-state index >= 15 is 0 Å². The number of ether oxygens (including phenoxy) is 1. The second kappa shape index (κ2) is 8.51. The van der Waals surface area contributed by atoms with Crippen LogP contribution < -0.4 is 0 Å². The largest absolute Gasteiger partial charge is 0.445 e.